The highest BCUT2D eigenvalue weighted by Crippen LogP contribution is 2.31. The maximum absolute atomic E-state index is 12.9. The van der Waals surface area contributed by atoms with E-state index >= 15 is 0 Å². The average molecular weight is 441 g/mol. The quantitative estimate of drug-likeness (QED) is 0.445. The van der Waals surface area contributed by atoms with Gasteiger partial charge in [0.15, 0.2) is 11.5 Å². The van der Waals surface area contributed by atoms with Crippen molar-refractivity contribution in [3.8, 4) is 34.4 Å². The lowest BCUT2D eigenvalue weighted by Crippen LogP contribution is -2.26. The molecule has 3 aromatic carbocycles. The molecule has 0 fully saturated rings. The van der Waals surface area contributed by atoms with Crippen molar-refractivity contribution < 1.29 is 18.7 Å². The van der Waals surface area contributed by atoms with Gasteiger partial charge in [-0.05, 0) is 60.5 Å². The predicted octanol–water partition coefficient (Wildman–Crippen LogP) is 4.76. The Morgan fingerprint density at radius 3 is 2.42 bits per heavy atom. The van der Waals surface area contributed by atoms with Gasteiger partial charge in [-0.2, -0.15) is 0 Å². The number of fused-ring (bicyclic) bond motifs is 1. The Morgan fingerprint density at radius 1 is 0.909 bits per heavy atom. The zero-order chi connectivity index (χ0) is 22.8. The van der Waals surface area contributed by atoms with E-state index in [1.165, 1.54) is 0 Å². The molecule has 2 heterocycles. The van der Waals surface area contributed by atoms with E-state index in [2.05, 4.69) is 10.2 Å². The lowest BCUT2D eigenvalue weighted by Gasteiger charge is -2.21. The van der Waals surface area contributed by atoms with Gasteiger partial charge in [0.1, 0.15) is 13.2 Å². The van der Waals surface area contributed by atoms with E-state index in [1.807, 2.05) is 61.5 Å². The molecule has 0 N–H and O–H groups in total. The van der Waals surface area contributed by atoms with Crippen molar-refractivity contribution in [2.24, 2.45) is 0 Å². The number of rotatable bonds is 5. The van der Waals surface area contributed by atoms with Crippen molar-refractivity contribution in [3.63, 3.8) is 0 Å². The summed E-state index contributed by atoms with van der Waals surface area (Å²) in [7, 11) is 1.78. The molecule has 0 spiro atoms. The zero-order valence-electron chi connectivity index (χ0n) is 18.4. The number of amides is 1. The number of ether oxygens (including phenoxy) is 2. The van der Waals surface area contributed by atoms with Gasteiger partial charge < -0.3 is 18.8 Å². The minimum Gasteiger partial charge on any atom is -0.486 e. The highest BCUT2D eigenvalue weighted by molar-refractivity contribution is 5.94. The summed E-state index contributed by atoms with van der Waals surface area (Å²) in [4.78, 5) is 14.6. The van der Waals surface area contributed by atoms with Crippen LogP contribution in [0.4, 0.5) is 0 Å². The van der Waals surface area contributed by atoms with Gasteiger partial charge in [-0.15, -0.1) is 10.2 Å². The van der Waals surface area contributed by atoms with Crippen molar-refractivity contribution >= 4 is 5.91 Å². The maximum atomic E-state index is 12.9. The van der Waals surface area contributed by atoms with Gasteiger partial charge in [0.05, 0.1) is 0 Å². The predicted molar refractivity (Wildman–Crippen MR) is 123 cm³/mol. The molecule has 5 rings (SSSR count). The van der Waals surface area contributed by atoms with Crippen molar-refractivity contribution in [1.82, 2.24) is 15.1 Å². The fourth-order valence-corrected chi connectivity index (χ4v) is 3.77. The van der Waals surface area contributed by atoms with Crippen molar-refractivity contribution in [1.29, 1.82) is 0 Å². The first-order valence-electron chi connectivity index (χ1n) is 10.7. The Bertz CT molecular complexity index is 1300. The zero-order valence-corrected chi connectivity index (χ0v) is 18.4. The van der Waals surface area contributed by atoms with Crippen LogP contribution in [0.2, 0.25) is 0 Å². The van der Waals surface area contributed by atoms with Crippen LogP contribution < -0.4 is 9.47 Å². The van der Waals surface area contributed by atoms with Gasteiger partial charge >= 0.3 is 0 Å². The number of benzene rings is 3. The fraction of sp³-hybridized carbons (Fsp3) is 0.192. The van der Waals surface area contributed by atoms with E-state index in [1.54, 1.807) is 24.1 Å². The summed E-state index contributed by atoms with van der Waals surface area (Å²) in [6, 6.07) is 20.8. The number of hydrogen-bond donors (Lipinski definition) is 0. The summed E-state index contributed by atoms with van der Waals surface area (Å²) in [6.45, 7) is 3.54. The van der Waals surface area contributed by atoms with Crippen LogP contribution in [0.15, 0.2) is 71.1 Å². The summed E-state index contributed by atoms with van der Waals surface area (Å²) >= 11 is 0. The molecule has 0 atom stereocenters. The molecule has 7 heteroatoms. The van der Waals surface area contributed by atoms with Crippen LogP contribution in [0.25, 0.3) is 22.9 Å². The Balaban J connectivity index is 1.28. The number of carbonyl (C=O) groups excluding carboxylic acids is 1. The molecule has 1 aliphatic rings. The molecule has 33 heavy (non-hydrogen) atoms. The topological polar surface area (TPSA) is 77.7 Å². The highest BCUT2D eigenvalue weighted by Gasteiger charge is 2.17. The van der Waals surface area contributed by atoms with Crippen LogP contribution in [0.1, 0.15) is 21.5 Å². The number of carbonyl (C=O) groups is 1. The maximum Gasteiger partial charge on any atom is 0.253 e. The third kappa shape index (κ3) is 4.30. The Labute approximate surface area is 191 Å². The first-order valence-corrected chi connectivity index (χ1v) is 10.7. The van der Waals surface area contributed by atoms with Crippen LogP contribution in [0, 0.1) is 6.92 Å². The second-order valence-corrected chi connectivity index (χ2v) is 7.94. The average Bonchev–Trinajstić information content (AvgIpc) is 3.34. The van der Waals surface area contributed by atoms with Gasteiger partial charge in [-0.25, -0.2) is 0 Å². The highest BCUT2D eigenvalue weighted by atomic mass is 16.6. The van der Waals surface area contributed by atoms with Gasteiger partial charge in [0.25, 0.3) is 5.91 Å². The second kappa shape index (κ2) is 8.78. The molecule has 7 nitrogen and oxygen atoms in total. The Morgan fingerprint density at radius 2 is 1.64 bits per heavy atom. The summed E-state index contributed by atoms with van der Waals surface area (Å²) in [5, 5.41) is 8.35. The van der Waals surface area contributed by atoms with E-state index in [-0.39, 0.29) is 5.91 Å². The first-order chi connectivity index (χ1) is 16.1. The molecule has 1 amide bonds. The Kier molecular flexibility index (Phi) is 5.52. The van der Waals surface area contributed by atoms with Crippen molar-refractivity contribution in [2.45, 2.75) is 13.5 Å². The van der Waals surface area contributed by atoms with Crippen molar-refractivity contribution in [2.75, 3.05) is 20.3 Å². The van der Waals surface area contributed by atoms with Crippen LogP contribution in [0.3, 0.4) is 0 Å². The smallest absolute Gasteiger partial charge is 0.253 e. The van der Waals surface area contributed by atoms with Crippen LogP contribution in [0.5, 0.6) is 11.5 Å². The van der Waals surface area contributed by atoms with Gasteiger partial charge in [-0.3, -0.25) is 4.79 Å². The third-order valence-electron chi connectivity index (χ3n) is 5.55. The molecular weight excluding hydrogens is 418 g/mol. The molecule has 166 valence electrons. The molecule has 0 bridgehead atoms. The normalized spacial score (nSPS) is 12.4. The molecule has 0 unspecified atom stereocenters. The standard InChI is InChI=1S/C26H23N3O4/c1-17-5-3-4-6-21(17)25-28-27-24(33-25)19-8-10-20(11-9-19)26(30)29(2)16-18-7-12-22-23(15-18)32-14-13-31-22/h3-12,15H,13-14,16H2,1-2H3. The van der Waals surface area contributed by atoms with Crippen LogP contribution >= 0.6 is 0 Å². The van der Waals surface area contributed by atoms with Crippen LogP contribution in [-0.2, 0) is 6.54 Å². The number of aryl methyl sites for hydroxylation is 1. The monoisotopic (exact) mass is 441 g/mol. The summed E-state index contributed by atoms with van der Waals surface area (Å²) in [5.74, 6) is 2.26. The number of aromatic nitrogens is 2. The molecular formula is C26H23N3O4. The van der Waals surface area contributed by atoms with Gasteiger partial charge in [0.2, 0.25) is 11.8 Å². The lowest BCUT2D eigenvalue weighted by molar-refractivity contribution is 0.0784. The number of hydrogen-bond acceptors (Lipinski definition) is 6. The third-order valence-corrected chi connectivity index (χ3v) is 5.55. The fourth-order valence-electron chi connectivity index (χ4n) is 3.77. The van der Waals surface area contributed by atoms with E-state index in [0.717, 1.165) is 28.0 Å². The minimum absolute atomic E-state index is 0.0810. The van der Waals surface area contributed by atoms with Gasteiger partial charge in [0, 0.05) is 30.3 Å². The largest absolute Gasteiger partial charge is 0.486 e. The van der Waals surface area contributed by atoms with Crippen molar-refractivity contribution in [3.05, 3.63) is 83.4 Å². The number of nitrogens with zero attached hydrogens (tertiary/aromatic N) is 3. The van der Waals surface area contributed by atoms with E-state index in [0.29, 0.717) is 42.9 Å². The summed E-state index contributed by atoms with van der Waals surface area (Å²) in [6.07, 6.45) is 0. The van der Waals surface area contributed by atoms with Crippen LogP contribution in [-0.4, -0.2) is 41.3 Å². The van der Waals surface area contributed by atoms with Gasteiger partial charge in [-0.1, -0.05) is 24.3 Å². The SMILES string of the molecule is Cc1ccccc1-c1nnc(-c2ccc(C(=O)N(C)Cc3ccc4c(c3)OCCO4)cc2)o1. The summed E-state index contributed by atoms with van der Waals surface area (Å²) < 4.78 is 17.1. The molecule has 1 aliphatic heterocycles. The molecule has 1 aromatic heterocycles. The second-order valence-electron chi connectivity index (χ2n) is 7.94. The molecule has 0 saturated heterocycles. The van der Waals surface area contributed by atoms with E-state index in [4.69, 9.17) is 13.9 Å². The summed E-state index contributed by atoms with van der Waals surface area (Å²) in [5.41, 5.74) is 4.28. The molecule has 0 aliphatic carbocycles. The lowest BCUT2D eigenvalue weighted by atomic mass is 10.1. The minimum atomic E-state index is -0.0810. The first kappa shape index (κ1) is 20.8. The molecule has 0 radical (unpaired) electrons. The Hall–Kier alpha value is -4.13. The van der Waals surface area contributed by atoms with E-state index < -0.39 is 0 Å². The van der Waals surface area contributed by atoms with E-state index in [9.17, 15) is 4.79 Å². The molecule has 4 aromatic rings. The molecule has 0 saturated carbocycles.